The Labute approximate surface area is 164 Å². The number of nitrogens with zero attached hydrogens (tertiary/aromatic N) is 3. The summed E-state index contributed by atoms with van der Waals surface area (Å²) in [6.45, 7) is 2.68. The third kappa shape index (κ3) is 3.18. The van der Waals surface area contributed by atoms with Crippen molar-refractivity contribution >= 4 is 34.3 Å². The lowest BCUT2D eigenvalue weighted by atomic mass is 9.88. The number of aryl methyl sites for hydroxylation is 1. The topological polar surface area (TPSA) is 53.5 Å². The number of para-hydroxylation sites is 1. The first-order chi connectivity index (χ1) is 12.8. The molecule has 0 N–H and O–H groups in total. The van der Waals surface area contributed by atoms with Crippen LogP contribution in [0.5, 0.6) is 0 Å². The molecule has 2 aromatic rings. The van der Waals surface area contributed by atoms with Gasteiger partial charge in [-0.15, -0.1) is 0 Å². The van der Waals surface area contributed by atoms with E-state index in [0.717, 1.165) is 30.5 Å². The lowest BCUT2D eigenvalue weighted by Crippen LogP contribution is -2.40. The molecule has 2 amide bonds. The molecular formula is C21H24ClN3O2. The van der Waals surface area contributed by atoms with E-state index in [1.165, 1.54) is 0 Å². The van der Waals surface area contributed by atoms with Crippen molar-refractivity contribution in [2.24, 2.45) is 11.8 Å². The maximum atomic E-state index is 13.3. The molecule has 1 aromatic heterocycles. The number of amides is 2. The number of pyridine rings is 1. The van der Waals surface area contributed by atoms with Crippen molar-refractivity contribution in [3.05, 3.63) is 40.5 Å². The monoisotopic (exact) mass is 385 g/mol. The zero-order valence-corrected chi connectivity index (χ0v) is 16.7. The molecule has 3 atom stereocenters. The Morgan fingerprint density at radius 1 is 1.30 bits per heavy atom. The zero-order chi connectivity index (χ0) is 19.3. The number of piperidine rings is 1. The standard InChI is InChI=1S/C21H24ClN3O2/c1-12-7-17(16-5-4-6-18(22)20(16)23-12)21(27)25(3)15-8-13-10-19(26)24(2)11-14(13)9-15/h4-7,13-15H,8-11H2,1-3H3/t13-,14-,15?/m0/s1. The highest BCUT2D eigenvalue weighted by atomic mass is 35.5. The van der Waals surface area contributed by atoms with Gasteiger partial charge in [0.2, 0.25) is 5.91 Å². The lowest BCUT2D eigenvalue weighted by molar-refractivity contribution is -0.134. The van der Waals surface area contributed by atoms with Gasteiger partial charge in [-0.05, 0) is 43.7 Å². The second-order valence-corrected chi connectivity index (χ2v) is 8.39. The number of benzene rings is 1. The molecule has 2 fully saturated rings. The second kappa shape index (κ2) is 6.79. The number of halogens is 1. The van der Waals surface area contributed by atoms with Gasteiger partial charge in [0.1, 0.15) is 0 Å². The van der Waals surface area contributed by atoms with Crippen LogP contribution in [0.2, 0.25) is 5.02 Å². The quantitative estimate of drug-likeness (QED) is 0.794. The molecule has 142 valence electrons. The number of rotatable bonds is 2. The molecule has 27 heavy (non-hydrogen) atoms. The van der Waals surface area contributed by atoms with Crippen LogP contribution >= 0.6 is 11.6 Å². The smallest absolute Gasteiger partial charge is 0.254 e. The number of carbonyl (C=O) groups is 2. The van der Waals surface area contributed by atoms with Crippen LogP contribution in [0.25, 0.3) is 10.9 Å². The fourth-order valence-electron chi connectivity index (χ4n) is 4.68. The van der Waals surface area contributed by atoms with Crippen LogP contribution in [-0.4, -0.2) is 53.3 Å². The zero-order valence-electron chi connectivity index (χ0n) is 15.9. The molecule has 0 bridgehead atoms. The molecule has 6 heteroatoms. The Kier molecular flexibility index (Phi) is 4.58. The third-order valence-corrected chi connectivity index (χ3v) is 6.51. The number of aromatic nitrogens is 1. The predicted molar refractivity (Wildman–Crippen MR) is 106 cm³/mol. The van der Waals surface area contributed by atoms with E-state index in [1.807, 2.05) is 49.0 Å². The van der Waals surface area contributed by atoms with Gasteiger partial charge in [0, 0.05) is 44.2 Å². The summed E-state index contributed by atoms with van der Waals surface area (Å²) in [5.41, 5.74) is 2.09. The van der Waals surface area contributed by atoms with Crippen molar-refractivity contribution in [2.45, 2.75) is 32.2 Å². The van der Waals surface area contributed by atoms with E-state index in [-0.39, 0.29) is 17.9 Å². The summed E-state index contributed by atoms with van der Waals surface area (Å²) in [6.07, 6.45) is 2.45. The molecule has 1 aliphatic heterocycles. The Balaban J connectivity index is 1.61. The summed E-state index contributed by atoms with van der Waals surface area (Å²) >= 11 is 6.30. The molecule has 5 nitrogen and oxygen atoms in total. The van der Waals surface area contributed by atoms with Crippen LogP contribution in [0, 0.1) is 18.8 Å². The summed E-state index contributed by atoms with van der Waals surface area (Å²) in [4.78, 5) is 33.5. The van der Waals surface area contributed by atoms with E-state index >= 15 is 0 Å². The molecule has 4 rings (SSSR count). The molecule has 0 spiro atoms. The minimum Gasteiger partial charge on any atom is -0.345 e. The van der Waals surface area contributed by atoms with Crippen molar-refractivity contribution in [1.29, 1.82) is 0 Å². The average Bonchev–Trinajstić information content (AvgIpc) is 3.03. The van der Waals surface area contributed by atoms with E-state index in [2.05, 4.69) is 4.98 Å². The van der Waals surface area contributed by atoms with Crippen LogP contribution in [-0.2, 0) is 4.79 Å². The van der Waals surface area contributed by atoms with Crippen molar-refractivity contribution in [3.8, 4) is 0 Å². The molecule has 1 unspecified atom stereocenters. The van der Waals surface area contributed by atoms with Crippen LogP contribution in [0.3, 0.4) is 0 Å². The van der Waals surface area contributed by atoms with Gasteiger partial charge in [0.15, 0.2) is 0 Å². The molecule has 2 heterocycles. The van der Waals surface area contributed by atoms with Crippen LogP contribution < -0.4 is 0 Å². The van der Waals surface area contributed by atoms with E-state index in [9.17, 15) is 9.59 Å². The van der Waals surface area contributed by atoms with Gasteiger partial charge in [0.25, 0.3) is 5.91 Å². The van der Waals surface area contributed by atoms with Crippen molar-refractivity contribution in [2.75, 3.05) is 20.6 Å². The second-order valence-electron chi connectivity index (χ2n) is 7.99. The number of likely N-dealkylation sites (tertiary alicyclic amines) is 1. The highest BCUT2D eigenvalue weighted by Crippen LogP contribution is 2.40. The largest absolute Gasteiger partial charge is 0.345 e. The van der Waals surface area contributed by atoms with Crippen LogP contribution in [0.15, 0.2) is 24.3 Å². The predicted octanol–water partition coefficient (Wildman–Crippen LogP) is 3.53. The van der Waals surface area contributed by atoms with Gasteiger partial charge in [-0.1, -0.05) is 23.7 Å². The molecular weight excluding hydrogens is 362 g/mol. The Morgan fingerprint density at radius 2 is 2.04 bits per heavy atom. The van der Waals surface area contributed by atoms with Crippen molar-refractivity contribution < 1.29 is 9.59 Å². The molecule has 1 saturated heterocycles. The van der Waals surface area contributed by atoms with Gasteiger partial charge in [0.05, 0.1) is 16.1 Å². The van der Waals surface area contributed by atoms with E-state index < -0.39 is 0 Å². The summed E-state index contributed by atoms with van der Waals surface area (Å²) in [7, 11) is 3.75. The average molecular weight is 386 g/mol. The highest BCUT2D eigenvalue weighted by Gasteiger charge is 2.42. The molecule has 1 saturated carbocycles. The maximum absolute atomic E-state index is 13.3. The van der Waals surface area contributed by atoms with Crippen LogP contribution in [0.1, 0.15) is 35.3 Å². The van der Waals surface area contributed by atoms with Gasteiger partial charge in [-0.3, -0.25) is 14.6 Å². The normalized spacial score (nSPS) is 25.0. The van der Waals surface area contributed by atoms with Crippen molar-refractivity contribution in [3.63, 3.8) is 0 Å². The van der Waals surface area contributed by atoms with E-state index in [4.69, 9.17) is 11.6 Å². The summed E-state index contributed by atoms with van der Waals surface area (Å²) in [5, 5.41) is 1.34. The van der Waals surface area contributed by atoms with Gasteiger partial charge < -0.3 is 9.80 Å². The Morgan fingerprint density at radius 3 is 2.81 bits per heavy atom. The number of hydrogen-bond donors (Lipinski definition) is 0. The van der Waals surface area contributed by atoms with Gasteiger partial charge in [-0.25, -0.2) is 0 Å². The Bertz CT molecular complexity index is 929. The van der Waals surface area contributed by atoms with Crippen molar-refractivity contribution in [1.82, 2.24) is 14.8 Å². The fraction of sp³-hybridized carbons (Fsp3) is 0.476. The number of hydrogen-bond acceptors (Lipinski definition) is 3. The summed E-state index contributed by atoms with van der Waals surface area (Å²) in [5.74, 6) is 1.09. The fourth-order valence-corrected chi connectivity index (χ4v) is 4.89. The summed E-state index contributed by atoms with van der Waals surface area (Å²) < 4.78 is 0. The first-order valence-corrected chi connectivity index (χ1v) is 9.80. The summed E-state index contributed by atoms with van der Waals surface area (Å²) in [6, 6.07) is 7.55. The molecule has 0 radical (unpaired) electrons. The minimum atomic E-state index is -0.00362. The molecule has 1 aliphatic carbocycles. The first kappa shape index (κ1) is 18.2. The third-order valence-electron chi connectivity index (χ3n) is 6.20. The molecule has 1 aromatic carbocycles. The maximum Gasteiger partial charge on any atom is 0.254 e. The lowest BCUT2D eigenvalue weighted by Gasteiger charge is -2.31. The minimum absolute atomic E-state index is 0.00362. The highest BCUT2D eigenvalue weighted by molar-refractivity contribution is 6.35. The van der Waals surface area contributed by atoms with E-state index in [0.29, 0.717) is 34.4 Å². The number of carbonyl (C=O) groups excluding carboxylic acids is 2. The van der Waals surface area contributed by atoms with Gasteiger partial charge >= 0.3 is 0 Å². The Hall–Kier alpha value is -2.14. The van der Waals surface area contributed by atoms with Gasteiger partial charge in [-0.2, -0.15) is 0 Å². The number of fused-ring (bicyclic) bond motifs is 2. The first-order valence-electron chi connectivity index (χ1n) is 9.42. The SMILES string of the molecule is Cc1cc(C(=O)N(C)C2C[C@H]3CC(=O)N(C)C[C@@H]3C2)c2cccc(Cl)c2n1. The van der Waals surface area contributed by atoms with Crippen LogP contribution in [0.4, 0.5) is 0 Å². The molecule has 2 aliphatic rings. The van der Waals surface area contributed by atoms with E-state index in [1.54, 1.807) is 6.07 Å².